The van der Waals surface area contributed by atoms with Gasteiger partial charge in [-0.1, -0.05) is 44.2 Å². The number of fused-ring (bicyclic) bond motifs is 1. The van der Waals surface area contributed by atoms with Crippen molar-refractivity contribution < 1.29 is 0 Å². The monoisotopic (exact) mass is 266 g/mol. The standard InChI is InChI=1S/C18H22N2/c1-13-7-6-10-19-16(13)12-20-17-15-9-5-4-8-14(15)11-18(17,2)3/h4-10,17,20H,11-12H2,1-3H3. The Labute approximate surface area is 121 Å². The minimum absolute atomic E-state index is 0.256. The molecular formula is C18H22N2. The number of hydrogen-bond acceptors (Lipinski definition) is 2. The van der Waals surface area contributed by atoms with Gasteiger partial charge in [-0.15, -0.1) is 0 Å². The maximum atomic E-state index is 4.48. The van der Waals surface area contributed by atoms with Crippen molar-refractivity contribution in [2.24, 2.45) is 5.41 Å². The Morgan fingerprint density at radius 1 is 1.20 bits per heavy atom. The Bertz CT molecular complexity index is 616. The first kappa shape index (κ1) is 13.3. The number of aromatic nitrogens is 1. The van der Waals surface area contributed by atoms with Gasteiger partial charge < -0.3 is 5.32 Å². The molecule has 2 aromatic rings. The SMILES string of the molecule is Cc1cccnc1CNC1c2ccccc2CC1(C)C. The summed E-state index contributed by atoms with van der Waals surface area (Å²) in [5, 5.41) is 3.72. The van der Waals surface area contributed by atoms with Crippen LogP contribution in [0.15, 0.2) is 42.6 Å². The molecule has 0 amide bonds. The molecule has 2 heteroatoms. The van der Waals surface area contributed by atoms with E-state index in [1.54, 1.807) is 0 Å². The fraction of sp³-hybridized carbons (Fsp3) is 0.389. The van der Waals surface area contributed by atoms with E-state index in [0.717, 1.165) is 18.7 Å². The molecule has 1 N–H and O–H groups in total. The van der Waals surface area contributed by atoms with E-state index < -0.39 is 0 Å². The van der Waals surface area contributed by atoms with Crippen LogP contribution < -0.4 is 5.32 Å². The summed E-state index contributed by atoms with van der Waals surface area (Å²) in [4.78, 5) is 4.48. The number of hydrogen-bond donors (Lipinski definition) is 1. The van der Waals surface area contributed by atoms with Crippen molar-refractivity contribution >= 4 is 0 Å². The summed E-state index contributed by atoms with van der Waals surface area (Å²) in [5.41, 5.74) is 5.59. The van der Waals surface area contributed by atoms with Gasteiger partial charge in [0.2, 0.25) is 0 Å². The predicted molar refractivity (Wildman–Crippen MR) is 82.5 cm³/mol. The van der Waals surface area contributed by atoms with Crippen LogP contribution in [-0.4, -0.2) is 4.98 Å². The Morgan fingerprint density at radius 2 is 2.00 bits per heavy atom. The minimum atomic E-state index is 0.256. The molecule has 1 heterocycles. The lowest BCUT2D eigenvalue weighted by atomic mass is 9.85. The van der Waals surface area contributed by atoms with Crippen LogP contribution in [-0.2, 0) is 13.0 Å². The van der Waals surface area contributed by atoms with E-state index in [2.05, 4.69) is 61.4 Å². The molecule has 0 saturated heterocycles. The molecule has 1 aromatic carbocycles. The number of aryl methyl sites for hydroxylation is 1. The smallest absolute Gasteiger partial charge is 0.0570 e. The first-order chi connectivity index (χ1) is 9.58. The highest BCUT2D eigenvalue weighted by Crippen LogP contribution is 2.45. The predicted octanol–water partition coefficient (Wildman–Crippen LogP) is 3.80. The summed E-state index contributed by atoms with van der Waals surface area (Å²) in [6.07, 6.45) is 3.01. The lowest BCUT2D eigenvalue weighted by Gasteiger charge is -2.28. The average Bonchev–Trinajstić information content (AvgIpc) is 2.68. The Hall–Kier alpha value is -1.67. The maximum Gasteiger partial charge on any atom is 0.0570 e. The zero-order chi connectivity index (χ0) is 14.2. The molecule has 0 spiro atoms. The number of pyridine rings is 1. The molecule has 0 bridgehead atoms. The van der Waals surface area contributed by atoms with E-state index >= 15 is 0 Å². The van der Waals surface area contributed by atoms with Crippen molar-refractivity contribution in [3.05, 3.63) is 65.0 Å². The van der Waals surface area contributed by atoms with E-state index in [0.29, 0.717) is 6.04 Å². The molecule has 3 rings (SSSR count). The normalized spacial score (nSPS) is 19.9. The average molecular weight is 266 g/mol. The van der Waals surface area contributed by atoms with Crippen molar-refractivity contribution in [2.45, 2.75) is 39.8 Å². The number of rotatable bonds is 3. The highest BCUT2D eigenvalue weighted by molar-refractivity contribution is 5.37. The quantitative estimate of drug-likeness (QED) is 0.914. The first-order valence-corrected chi connectivity index (χ1v) is 7.29. The van der Waals surface area contributed by atoms with Crippen molar-refractivity contribution in [2.75, 3.05) is 0 Å². The van der Waals surface area contributed by atoms with Gasteiger partial charge in [0.05, 0.1) is 5.69 Å². The molecule has 20 heavy (non-hydrogen) atoms. The van der Waals surface area contributed by atoms with Crippen LogP contribution in [0, 0.1) is 12.3 Å². The van der Waals surface area contributed by atoms with Crippen LogP contribution >= 0.6 is 0 Å². The van der Waals surface area contributed by atoms with Gasteiger partial charge in [0.1, 0.15) is 0 Å². The minimum Gasteiger partial charge on any atom is -0.304 e. The third kappa shape index (κ3) is 2.36. The van der Waals surface area contributed by atoms with Crippen molar-refractivity contribution in [3.63, 3.8) is 0 Å². The van der Waals surface area contributed by atoms with Gasteiger partial charge in [-0.05, 0) is 41.5 Å². The zero-order valence-electron chi connectivity index (χ0n) is 12.5. The van der Waals surface area contributed by atoms with E-state index in [-0.39, 0.29) is 5.41 Å². The molecule has 0 fully saturated rings. The van der Waals surface area contributed by atoms with Gasteiger partial charge in [0.25, 0.3) is 0 Å². The van der Waals surface area contributed by atoms with Crippen molar-refractivity contribution in [3.8, 4) is 0 Å². The van der Waals surface area contributed by atoms with Crippen LogP contribution in [0.5, 0.6) is 0 Å². The van der Waals surface area contributed by atoms with E-state index in [4.69, 9.17) is 0 Å². The van der Waals surface area contributed by atoms with Gasteiger partial charge >= 0.3 is 0 Å². The lowest BCUT2D eigenvalue weighted by molar-refractivity contribution is 0.267. The molecule has 0 saturated carbocycles. The second-order valence-corrected chi connectivity index (χ2v) is 6.45. The molecule has 0 radical (unpaired) electrons. The van der Waals surface area contributed by atoms with Gasteiger partial charge in [-0.3, -0.25) is 4.98 Å². The van der Waals surface area contributed by atoms with Gasteiger partial charge in [0.15, 0.2) is 0 Å². The van der Waals surface area contributed by atoms with Crippen molar-refractivity contribution in [1.29, 1.82) is 0 Å². The Morgan fingerprint density at radius 3 is 2.80 bits per heavy atom. The van der Waals surface area contributed by atoms with Crippen LogP contribution in [0.2, 0.25) is 0 Å². The van der Waals surface area contributed by atoms with Crippen molar-refractivity contribution in [1.82, 2.24) is 10.3 Å². The highest BCUT2D eigenvalue weighted by atomic mass is 15.0. The molecule has 1 atom stereocenters. The summed E-state index contributed by atoms with van der Waals surface area (Å²) in [6.45, 7) is 7.64. The zero-order valence-corrected chi connectivity index (χ0v) is 12.5. The van der Waals surface area contributed by atoms with E-state index in [9.17, 15) is 0 Å². The topological polar surface area (TPSA) is 24.9 Å². The number of nitrogens with one attached hydrogen (secondary N) is 1. The Balaban J connectivity index is 1.82. The van der Waals surface area contributed by atoms with Crippen LogP contribution in [0.3, 0.4) is 0 Å². The molecule has 1 aromatic heterocycles. The summed E-state index contributed by atoms with van der Waals surface area (Å²) in [7, 11) is 0. The van der Waals surface area contributed by atoms with E-state index in [1.165, 1.54) is 16.7 Å². The number of nitrogens with zero attached hydrogens (tertiary/aromatic N) is 1. The fourth-order valence-corrected chi connectivity index (χ4v) is 3.28. The number of benzene rings is 1. The fourth-order valence-electron chi connectivity index (χ4n) is 3.28. The highest BCUT2D eigenvalue weighted by Gasteiger charge is 2.38. The summed E-state index contributed by atoms with van der Waals surface area (Å²) in [6, 6.07) is 13.3. The van der Waals surface area contributed by atoms with E-state index in [1.807, 2.05) is 12.3 Å². The molecular weight excluding hydrogens is 244 g/mol. The first-order valence-electron chi connectivity index (χ1n) is 7.29. The molecule has 1 aliphatic carbocycles. The largest absolute Gasteiger partial charge is 0.304 e. The molecule has 2 nitrogen and oxygen atoms in total. The summed E-state index contributed by atoms with van der Waals surface area (Å²) in [5.74, 6) is 0. The third-order valence-electron chi connectivity index (χ3n) is 4.39. The molecule has 104 valence electrons. The van der Waals surface area contributed by atoms with Crippen LogP contribution in [0.1, 0.15) is 42.3 Å². The second kappa shape index (κ2) is 5.02. The third-order valence-corrected chi connectivity index (χ3v) is 4.39. The van der Waals surface area contributed by atoms with Gasteiger partial charge in [0, 0.05) is 18.8 Å². The van der Waals surface area contributed by atoms with Gasteiger partial charge in [-0.25, -0.2) is 0 Å². The second-order valence-electron chi connectivity index (χ2n) is 6.45. The molecule has 1 unspecified atom stereocenters. The summed E-state index contributed by atoms with van der Waals surface area (Å²) >= 11 is 0. The van der Waals surface area contributed by atoms with Crippen LogP contribution in [0.25, 0.3) is 0 Å². The molecule has 1 aliphatic rings. The van der Waals surface area contributed by atoms with Crippen LogP contribution in [0.4, 0.5) is 0 Å². The Kier molecular flexibility index (Phi) is 3.35. The molecule has 0 aliphatic heterocycles. The van der Waals surface area contributed by atoms with Gasteiger partial charge in [-0.2, -0.15) is 0 Å². The lowest BCUT2D eigenvalue weighted by Crippen LogP contribution is -2.31. The summed E-state index contributed by atoms with van der Waals surface area (Å²) < 4.78 is 0. The maximum absolute atomic E-state index is 4.48.